The Morgan fingerprint density at radius 1 is 0.829 bits per heavy atom. The van der Waals surface area contributed by atoms with E-state index in [1.165, 1.54) is 37.1 Å². The van der Waals surface area contributed by atoms with Crippen molar-refractivity contribution in [2.75, 3.05) is 0 Å². The minimum absolute atomic E-state index is 0.0154. The lowest BCUT2D eigenvalue weighted by Crippen LogP contribution is -2.24. The summed E-state index contributed by atoms with van der Waals surface area (Å²) in [6.07, 6.45) is -4.93. The van der Waals surface area contributed by atoms with E-state index in [9.17, 15) is 35.9 Å². The fourth-order valence-electron chi connectivity index (χ4n) is 2.61. The molecule has 2 aliphatic carbocycles. The number of carboxylic acids is 1. The number of rotatable bonds is 5. The molecule has 4 heterocycles. The first-order chi connectivity index (χ1) is 19.2. The van der Waals surface area contributed by atoms with Gasteiger partial charge in [-0.2, -0.15) is 36.3 Å². The average Bonchev–Trinajstić information content (AvgIpc) is 3.53. The molecular formula is C22H18F6N6O5S2. The molecule has 220 valence electrons. The smallest absolute Gasteiger partial charge is 0.471 e. The largest absolute Gasteiger partial charge is 0.477 e. The van der Waals surface area contributed by atoms with E-state index in [0.717, 1.165) is 35.5 Å². The van der Waals surface area contributed by atoms with Crippen LogP contribution in [0.4, 0.5) is 26.3 Å². The molecule has 0 radical (unpaired) electrons. The van der Waals surface area contributed by atoms with E-state index >= 15 is 0 Å². The summed E-state index contributed by atoms with van der Waals surface area (Å²) in [5.74, 6) is -4.71. The van der Waals surface area contributed by atoms with Crippen LogP contribution in [0.15, 0.2) is 33.3 Å². The van der Waals surface area contributed by atoms with Gasteiger partial charge < -0.3 is 25.2 Å². The van der Waals surface area contributed by atoms with Crippen LogP contribution in [0.25, 0.3) is 21.4 Å². The van der Waals surface area contributed by atoms with Crippen LogP contribution in [0.1, 0.15) is 56.8 Å². The van der Waals surface area contributed by atoms with Crippen LogP contribution in [0.2, 0.25) is 0 Å². The third-order valence-electron chi connectivity index (χ3n) is 4.96. The van der Waals surface area contributed by atoms with Gasteiger partial charge in [-0.15, -0.1) is 22.7 Å². The van der Waals surface area contributed by atoms with Crippen LogP contribution >= 0.6 is 22.7 Å². The molecule has 0 saturated heterocycles. The van der Waals surface area contributed by atoms with E-state index in [0.29, 0.717) is 15.8 Å². The first kappa shape index (κ1) is 30.1. The number of hydrogen-bond acceptors (Lipinski definition) is 11. The van der Waals surface area contributed by atoms with Gasteiger partial charge in [-0.1, -0.05) is 10.3 Å². The zero-order chi connectivity index (χ0) is 29.9. The van der Waals surface area contributed by atoms with Gasteiger partial charge in [0, 0.05) is 12.1 Å². The Hall–Kier alpha value is -3.84. The molecule has 0 aromatic carbocycles. The third kappa shape index (κ3) is 8.57. The van der Waals surface area contributed by atoms with Gasteiger partial charge in [0.25, 0.3) is 5.91 Å². The Bertz CT molecular complexity index is 1500. The second-order valence-corrected chi connectivity index (χ2v) is 10.7. The summed E-state index contributed by atoms with van der Waals surface area (Å²) in [6.45, 7) is 0. The summed E-state index contributed by atoms with van der Waals surface area (Å²) in [4.78, 5) is 29.7. The molecule has 4 N–H and O–H groups in total. The lowest BCUT2D eigenvalue weighted by Gasteiger charge is -1.98. The Morgan fingerprint density at radius 2 is 1.27 bits per heavy atom. The van der Waals surface area contributed by atoms with Crippen molar-refractivity contribution in [3.05, 3.63) is 45.8 Å². The van der Waals surface area contributed by atoms with Gasteiger partial charge in [0.15, 0.2) is 0 Å². The minimum atomic E-state index is -4.71. The van der Waals surface area contributed by atoms with Gasteiger partial charge in [0.1, 0.15) is 4.88 Å². The zero-order valence-corrected chi connectivity index (χ0v) is 22.0. The zero-order valence-electron chi connectivity index (χ0n) is 20.3. The molecule has 0 atom stereocenters. The maximum absolute atomic E-state index is 12.3. The predicted octanol–water partition coefficient (Wildman–Crippen LogP) is 5.33. The van der Waals surface area contributed by atoms with Gasteiger partial charge in [-0.25, -0.2) is 4.79 Å². The molecule has 19 heteroatoms. The highest BCUT2D eigenvalue weighted by atomic mass is 32.1. The van der Waals surface area contributed by atoms with Crippen LogP contribution in [-0.4, -0.2) is 49.3 Å². The molecule has 4 aromatic heterocycles. The SMILES string of the molecule is NC1CC1.O=C(NC1CC1)c1ccc(-c2noc(C(F)(F)F)n2)s1.O=C(O)c1ccc(-c2noc(C(F)(F)F)n2)s1. The number of thiophene rings is 2. The number of nitrogens with one attached hydrogen (secondary N) is 1. The van der Waals surface area contributed by atoms with Crippen molar-refractivity contribution < 1.29 is 50.1 Å². The molecular weight excluding hydrogens is 606 g/mol. The standard InChI is InChI=1S/C11H8F3N3O2S.C8H3F3N2O3S.C3H7N/c12-11(13,14)10-16-8(17-19-10)6-3-4-7(20-6)9(18)15-5-1-2-5;9-8(10,11)7-12-5(13-16-7)3-1-2-4(17-3)6(14)15;4-3-1-2-3/h3-5H,1-2H2,(H,15,18);1-2H,(H,14,15);3H,1-2,4H2. The normalized spacial score (nSPS) is 14.9. The lowest BCUT2D eigenvalue weighted by atomic mass is 10.4. The number of amides is 1. The van der Waals surface area contributed by atoms with Crippen molar-refractivity contribution >= 4 is 34.6 Å². The van der Waals surface area contributed by atoms with Crippen LogP contribution in [-0.2, 0) is 12.4 Å². The maximum atomic E-state index is 12.3. The highest BCUT2D eigenvalue weighted by Gasteiger charge is 2.39. The second-order valence-electron chi connectivity index (χ2n) is 8.56. The molecule has 6 rings (SSSR count). The number of carbonyl (C=O) groups is 2. The first-order valence-corrected chi connectivity index (χ1v) is 13.2. The van der Waals surface area contributed by atoms with Crippen molar-refractivity contribution in [1.29, 1.82) is 0 Å². The molecule has 0 aliphatic heterocycles. The third-order valence-corrected chi connectivity index (χ3v) is 7.11. The van der Waals surface area contributed by atoms with Crippen LogP contribution in [0.5, 0.6) is 0 Å². The summed E-state index contributed by atoms with van der Waals surface area (Å²) in [6, 6.07) is 6.40. The first-order valence-electron chi connectivity index (χ1n) is 11.5. The number of halogens is 6. The van der Waals surface area contributed by atoms with E-state index in [4.69, 9.17) is 10.8 Å². The van der Waals surface area contributed by atoms with E-state index < -0.39 is 30.1 Å². The number of aromatic nitrogens is 4. The molecule has 0 bridgehead atoms. The van der Waals surface area contributed by atoms with Gasteiger partial charge in [0.05, 0.1) is 14.6 Å². The lowest BCUT2D eigenvalue weighted by molar-refractivity contribution is -0.160. The molecule has 41 heavy (non-hydrogen) atoms. The highest BCUT2D eigenvalue weighted by Crippen LogP contribution is 2.33. The Morgan fingerprint density at radius 3 is 1.61 bits per heavy atom. The van der Waals surface area contributed by atoms with Crippen molar-refractivity contribution in [2.45, 2.75) is 50.1 Å². The van der Waals surface area contributed by atoms with E-state index in [2.05, 4.69) is 34.6 Å². The van der Waals surface area contributed by atoms with Gasteiger partial charge in [0.2, 0.25) is 11.6 Å². The van der Waals surface area contributed by atoms with E-state index in [-0.39, 0.29) is 33.4 Å². The van der Waals surface area contributed by atoms with Gasteiger partial charge >= 0.3 is 30.1 Å². The predicted molar refractivity (Wildman–Crippen MR) is 130 cm³/mol. The van der Waals surface area contributed by atoms with Crippen LogP contribution in [0, 0.1) is 0 Å². The van der Waals surface area contributed by atoms with E-state index in [1.807, 2.05) is 0 Å². The quantitative estimate of drug-likeness (QED) is 0.247. The molecule has 2 fully saturated rings. The number of carboxylic acid groups (broad SMARTS) is 1. The van der Waals surface area contributed by atoms with Gasteiger partial charge in [-0.05, 0) is 49.9 Å². The highest BCUT2D eigenvalue weighted by molar-refractivity contribution is 7.17. The molecule has 4 aromatic rings. The summed E-state index contributed by atoms with van der Waals surface area (Å²) in [5, 5.41) is 17.8. The Balaban J connectivity index is 0.000000168. The van der Waals surface area contributed by atoms with Crippen molar-refractivity contribution in [3.8, 4) is 21.4 Å². The number of aromatic carboxylic acids is 1. The number of hydrogen-bond donors (Lipinski definition) is 3. The number of nitrogens with two attached hydrogens (primary N) is 1. The fraction of sp³-hybridized carbons (Fsp3) is 0.364. The summed E-state index contributed by atoms with van der Waals surface area (Å²) < 4.78 is 81.7. The maximum Gasteiger partial charge on any atom is 0.471 e. The summed E-state index contributed by atoms with van der Waals surface area (Å²) in [7, 11) is 0. The average molecular weight is 625 g/mol. The molecule has 1 amide bonds. The van der Waals surface area contributed by atoms with Crippen molar-refractivity contribution in [3.63, 3.8) is 0 Å². The second kappa shape index (κ2) is 12.0. The number of nitrogens with zero attached hydrogens (tertiary/aromatic N) is 4. The van der Waals surface area contributed by atoms with Crippen LogP contribution < -0.4 is 11.1 Å². The Kier molecular flexibility index (Phi) is 8.78. The van der Waals surface area contributed by atoms with Crippen LogP contribution in [0.3, 0.4) is 0 Å². The van der Waals surface area contributed by atoms with Crippen molar-refractivity contribution in [2.24, 2.45) is 5.73 Å². The Labute approximate surface area is 233 Å². The summed E-state index contributed by atoms with van der Waals surface area (Å²) in [5.41, 5.74) is 5.22. The molecule has 0 spiro atoms. The monoisotopic (exact) mass is 624 g/mol. The van der Waals surface area contributed by atoms with E-state index in [1.54, 1.807) is 0 Å². The number of carbonyl (C=O) groups excluding carboxylic acids is 1. The van der Waals surface area contributed by atoms with Gasteiger partial charge in [-0.3, -0.25) is 4.79 Å². The summed E-state index contributed by atoms with van der Waals surface area (Å²) >= 11 is 1.79. The minimum Gasteiger partial charge on any atom is -0.477 e. The molecule has 2 aliphatic rings. The molecule has 11 nitrogen and oxygen atoms in total. The molecule has 2 saturated carbocycles. The van der Waals surface area contributed by atoms with Crippen molar-refractivity contribution in [1.82, 2.24) is 25.6 Å². The number of alkyl halides is 6. The molecule has 0 unspecified atom stereocenters. The topological polar surface area (TPSA) is 170 Å². The fourth-order valence-corrected chi connectivity index (χ4v) is 4.22.